The normalized spacial score (nSPS) is 25.2. The number of nitrogens with zero attached hydrogens (tertiary/aromatic N) is 4. The van der Waals surface area contributed by atoms with Gasteiger partial charge in [-0.1, -0.05) is 19.1 Å². The zero-order chi connectivity index (χ0) is 25.4. The number of hydrogen-bond acceptors (Lipinski definition) is 6. The van der Waals surface area contributed by atoms with Gasteiger partial charge in [-0.3, -0.25) is 4.79 Å². The summed E-state index contributed by atoms with van der Waals surface area (Å²) < 4.78 is 44.9. The summed E-state index contributed by atoms with van der Waals surface area (Å²) in [5, 5.41) is 3.39. The number of methoxy groups -OCH3 is 1. The minimum Gasteiger partial charge on any atom is -0.375 e. The van der Waals surface area contributed by atoms with Crippen LogP contribution in [0.25, 0.3) is 0 Å². The molecule has 0 spiro atoms. The smallest absolute Gasteiger partial charge is 0.375 e. The average Bonchev–Trinajstić information content (AvgIpc) is 3.52. The van der Waals surface area contributed by atoms with Gasteiger partial charge < -0.3 is 19.9 Å². The number of aromatic nitrogens is 2. The van der Waals surface area contributed by atoms with Crippen molar-refractivity contribution in [2.45, 2.75) is 56.3 Å². The van der Waals surface area contributed by atoms with Crippen LogP contribution >= 0.6 is 0 Å². The van der Waals surface area contributed by atoms with Gasteiger partial charge in [0.15, 0.2) is 0 Å². The first-order chi connectivity index (χ1) is 17.3. The Balaban J connectivity index is 1.32. The maximum atomic E-state index is 13.7. The Labute approximate surface area is 209 Å². The van der Waals surface area contributed by atoms with E-state index in [0.29, 0.717) is 37.7 Å². The number of anilines is 1. The third kappa shape index (κ3) is 4.68. The highest BCUT2D eigenvalue weighted by Crippen LogP contribution is 2.44. The lowest BCUT2D eigenvalue weighted by Crippen LogP contribution is -2.52. The van der Waals surface area contributed by atoms with Crippen molar-refractivity contribution in [2.24, 2.45) is 0 Å². The molecule has 10 heteroatoms. The van der Waals surface area contributed by atoms with E-state index in [-0.39, 0.29) is 18.1 Å². The second-order valence-corrected chi connectivity index (χ2v) is 9.97. The summed E-state index contributed by atoms with van der Waals surface area (Å²) in [6.45, 7) is 5.30. The molecule has 5 rings (SSSR count). The molecule has 2 saturated heterocycles. The number of ether oxygens (including phenoxy) is 1. The molecule has 1 aromatic heterocycles. The van der Waals surface area contributed by atoms with E-state index >= 15 is 0 Å². The number of amides is 1. The molecule has 1 N–H and O–H groups in total. The van der Waals surface area contributed by atoms with E-state index in [0.717, 1.165) is 55.0 Å². The second-order valence-electron chi connectivity index (χ2n) is 9.97. The van der Waals surface area contributed by atoms with E-state index in [2.05, 4.69) is 27.1 Å². The van der Waals surface area contributed by atoms with Crippen molar-refractivity contribution in [1.29, 1.82) is 0 Å². The highest BCUT2D eigenvalue weighted by Gasteiger charge is 2.38. The van der Waals surface area contributed by atoms with Crippen molar-refractivity contribution in [2.75, 3.05) is 44.7 Å². The summed E-state index contributed by atoms with van der Waals surface area (Å²) in [6, 6.07) is 4.99. The van der Waals surface area contributed by atoms with Gasteiger partial charge >= 0.3 is 6.18 Å². The van der Waals surface area contributed by atoms with Crippen LogP contribution in [0.1, 0.15) is 66.5 Å². The van der Waals surface area contributed by atoms with Gasteiger partial charge in [0.05, 0.1) is 17.2 Å². The van der Waals surface area contributed by atoms with Crippen LogP contribution < -0.4 is 10.2 Å². The van der Waals surface area contributed by atoms with Crippen molar-refractivity contribution >= 4 is 11.7 Å². The number of fused-ring (bicyclic) bond motifs is 1. The first-order valence-corrected chi connectivity index (χ1v) is 12.6. The fraction of sp³-hybridized carbons (Fsp3) is 0.577. The Bertz CT molecular complexity index is 1080. The molecule has 1 aliphatic carbocycles. The standard InChI is InChI=1S/C26H32F3N5O2/c1-16-14-20(36-2)23-21(16)24(32-15-31-23)33-10-12-34(13-11-33)25(35)22(19-4-3-9-30-19)17-5-7-18(8-6-17)26(27,28)29/h5-8,15-16,19-20,22,30H,3-4,9-14H2,1-2H3/t16-,19?,20-,22?/m1/s1. The van der Waals surface area contributed by atoms with Crippen molar-refractivity contribution in [1.82, 2.24) is 20.2 Å². The molecular formula is C26H32F3N5O2. The lowest BCUT2D eigenvalue weighted by molar-refractivity contribution is -0.137. The van der Waals surface area contributed by atoms with E-state index in [9.17, 15) is 18.0 Å². The first-order valence-electron chi connectivity index (χ1n) is 12.6. The Kier molecular flexibility index (Phi) is 6.91. The highest BCUT2D eigenvalue weighted by atomic mass is 19.4. The number of carbonyl (C=O) groups excluding carboxylic acids is 1. The molecule has 2 aromatic rings. The zero-order valence-electron chi connectivity index (χ0n) is 20.6. The molecule has 0 bridgehead atoms. The average molecular weight is 504 g/mol. The summed E-state index contributed by atoms with van der Waals surface area (Å²) in [4.78, 5) is 26.9. The van der Waals surface area contributed by atoms with Crippen LogP contribution in [0.15, 0.2) is 30.6 Å². The number of piperazine rings is 1. The number of halogens is 3. The zero-order valence-corrected chi connectivity index (χ0v) is 20.6. The maximum Gasteiger partial charge on any atom is 0.416 e. The van der Waals surface area contributed by atoms with Gasteiger partial charge in [0, 0.05) is 44.9 Å². The molecule has 2 unspecified atom stereocenters. The Hall–Kier alpha value is -2.72. The van der Waals surface area contributed by atoms with E-state index < -0.39 is 17.7 Å². The molecule has 2 fully saturated rings. The van der Waals surface area contributed by atoms with Crippen molar-refractivity contribution in [3.63, 3.8) is 0 Å². The first kappa shape index (κ1) is 25.0. The minimum atomic E-state index is -4.40. The van der Waals surface area contributed by atoms with Crippen molar-refractivity contribution in [3.8, 4) is 0 Å². The molecule has 194 valence electrons. The molecule has 0 radical (unpaired) electrons. The van der Waals surface area contributed by atoms with Gasteiger partial charge in [0.1, 0.15) is 18.2 Å². The summed E-state index contributed by atoms with van der Waals surface area (Å²) in [5.74, 6) is 0.663. The summed E-state index contributed by atoms with van der Waals surface area (Å²) in [5.41, 5.74) is 2.00. The third-order valence-electron chi connectivity index (χ3n) is 7.80. The molecule has 2 aliphatic heterocycles. The van der Waals surface area contributed by atoms with Crippen LogP contribution in [0, 0.1) is 0 Å². The van der Waals surface area contributed by atoms with E-state index in [1.54, 1.807) is 13.4 Å². The largest absolute Gasteiger partial charge is 0.416 e. The van der Waals surface area contributed by atoms with E-state index in [1.807, 2.05) is 4.90 Å². The van der Waals surface area contributed by atoms with Gasteiger partial charge in [-0.2, -0.15) is 13.2 Å². The van der Waals surface area contributed by atoms with Crippen LogP contribution in [0.3, 0.4) is 0 Å². The fourth-order valence-corrected chi connectivity index (χ4v) is 5.90. The molecule has 3 heterocycles. The van der Waals surface area contributed by atoms with Gasteiger partial charge in [0.25, 0.3) is 0 Å². The molecule has 1 amide bonds. The molecule has 7 nitrogen and oxygen atoms in total. The molecule has 0 saturated carbocycles. The van der Waals surface area contributed by atoms with Gasteiger partial charge in [0.2, 0.25) is 5.91 Å². The lowest BCUT2D eigenvalue weighted by Gasteiger charge is -2.39. The summed E-state index contributed by atoms with van der Waals surface area (Å²) >= 11 is 0. The van der Waals surface area contributed by atoms with Crippen molar-refractivity contribution in [3.05, 3.63) is 53.0 Å². The SMILES string of the molecule is CO[C@@H]1C[C@@H](C)c2c1ncnc2N1CCN(C(=O)C(c2ccc(C(F)(F)F)cc2)C2CCCN2)CC1. The Morgan fingerprint density at radius 1 is 1.14 bits per heavy atom. The van der Waals surface area contributed by atoms with Crippen molar-refractivity contribution < 1.29 is 22.7 Å². The van der Waals surface area contributed by atoms with Crippen LogP contribution in [-0.2, 0) is 15.7 Å². The quantitative estimate of drug-likeness (QED) is 0.668. The Morgan fingerprint density at radius 3 is 2.47 bits per heavy atom. The van der Waals surface area contributed by atoms with E-state index in [1.165, 1.54) is 12.1 Å². The number of rotatable bonds is 5. The van der Waals surface area contributed by atoms with Crippen LogP contribution in [0.2, 0.25) is 0 Å². The maximum absolute atomic E-state index is 13.7. The summed E-state index contributed by atoms with van der Waals surface area (Å²) in [7, 11) is 1.70. The van der Waals surface area contributed by atoms with E-state index in [4.69, 9.17) is 4.74 Å². The lowest BCUT2D eigenvalue weighted by atomic mass is 9.88. The van der Waals surface area contributed by atoms with Crippen LogP contribution in [0.5, 0.6) is 0 Å². The van der Waals surface area contributed by atoms with Gasteiger partial charge in [-0.05, 0) is 49.4 Å². The molecular weight excluding hydrogens is 471 g/mol. The predicted molar refractivity (Wildman–Crippen MR) is 129 cm³/mol. The third-order valence-corrected chi connectivity index (χ3v) is 7.80. The topological polar surface area (TPSA) is 70.6 Å². The van der Waals surface area contributed by atoms with Gasteiger partial charge in [-0.25, -0.2) is 9.97 Å². The molecule has 36 heavy (non-hydrogen) atoms. The van der Waals surface area contributed by atoms with Crippen LogP contribution in [-0.4, -0.2) is 66.7 Å². The molecule has 4 atom stereocenters. The number of alkyl halides is 3. The monoisotopic (exact) mass is 503 g/mol. The van der Waals surface area contributed by atoms with Gasteiger partial charge in [-0.15, -0.1) is 0 Å². The second kappa shape index (κ2) is 9.97. The Morgan fingerprint density at radius 2 is 1.86 bits per heavy atom. The predicted octanol–water partition coefficient (Wildman–Crippen LogP) is 3.87. The molecule has 1 aromatic carbocycles. The fourth-order valence-electron chi connectivity index (χ4n) is 5.90. The number of carbonyl (C=O) groups is 1. The number of nitrogens with one attached hydrogen (secondary N) is 1. The minimum absolute atomic E-state index is 0.0250. The summed E-state index contributed by atoms with van der Waals surface area (Å²) in [6.07, 6.45) is -0.197. The number of hydrogen-bond donors (Lipinski definition) is 1. The molecule has 3 aliphatic rings. The van der Waals surface area contributed by atoms with Crippen LogP contribution in [0.4, 0.5) is 19.0 Å². The highest BCUT2D eigenvalue weighted by molar-refractivity contribution is 5.85. The number of benzene rings is 1.